The maximum atomic E-state index is 13.8. The number of nitrogens with one attached hydrogen (secondary N) is 3. The number of carbonyl (C=O) groups is 2. The molecule has 9 nitrogen and oxygen atoms in total. The monoisotopic (exact) mass is 571 g/mol. The highest BCUT2D eigenvalue weighted by atomic mass is 16.5. The summed E-state index contributed by atoms with van der Waals surface area (Å²) in [6, 6.07) is 20.8. The Balaban J connectivity index is 1.37. The summed E-state index contributed by atoms with van der Waals surface area (Å²) in [6.07, 6.45) is 0.942. The van der Waals surface area contributed by atoms with E-state index in [1.54, 1.807) is 12.0 Å². The summed E-state index contributed by atoms with van der Waals surface area (Å²) in [4.78, 5) is 30.6. The van der Waals surface area contributed by atoms with E-state index in [2.05, 4.69) is 27.8 Å². The van der Waals surface area contributed by atoms with Gasteiger partial charge in [0.1, 0.15) is 5.75 Å². The Morgan fingerprint density at radius 2 is 1.83 bits per heavy atom. The molecule has 3 aromatic rings. The van der Waals surface area contributed by atoms with Crippen molar-refractivity contribution in [3.05, 3.63) is 83.4 Å². The number of aliphatic hydroxyl groups is 1. The third kappa shape index (κ3) is 6.86. The minimum Gasteiger partial charge on any atom is -0.497 e. The molecule has 2 aliphatic heterocycles. The molecular formula is C33H41N5O4. The van der Waals surface area contributed by atoms with E-state index in [9.17, 15) is 14.7 Å². The predicted octanol–water partition coefficient (Wildman–Crippen LogP) is 3.57. The molecule has 0 bridgehead atoms. The van der Waals surface area contributed by atoms with Crippen molar-refractivity contribution in [1.29, 1.82) is 0 Å². The third-order valence-electron chi connectivity index (χ3n) is 8.03. The summed E-state index contributed by atoms with van der Waals surface area (Å²) >= 11 is 0. The van der Waals surface area contributed by atoms with Crippen LogP contribution in [-0.4, -0.2) is 68.9 Å². The average Bonchev–Trinajstić information content (AvgIpc) is 3.45. The van der Waals surface area contributed by atoms with Crippen molar-refractivity contribution in [1.82, 2.24) is 10.6 Å². The lowest BCUT2D eigenvalue weighted by Crippen LogP contribution is -2.48. The van der Waals surface area contributed by atoms with Gasteiger partial charge in [-0.25, -0.2) is 0 Å². The molecule has 0 aliphatic carbocycles. The molecule has 0 spiro atoms. The van der Waals surface area contributed by atoms with Gasteiger partial charge in [-0.15, -0.1) is 0 Å². The van der Waals surface area contributed by atoms with Gasteiger partial charge in [0.25, 0.3) is 5.91 Å². The van der Waals surface area contributed by atoms with Crippen LogP contribution in [0.3, 0.4) is 0 Å². The van der Waals surface area contributed by atoms with Crippen LogP contribution in [0.4, 0.5) is 17.1 Å². The molecule has 3 aromatic carbocycles. The van der Waals surface area contributed by atoms with Gasteiger partial charge in [-0.2, -0.15) is 0 Å². The van der Waals surface area contributed by atoms with E-state index in [4.69, 9.17) is 4.74 Å². The summed E-state index contributed by atoms with van der Waals surface area (Å²) in [6.45, 7) is 5.96. The molecule has 0 radical (unpaired) electrons. The van der Waals surface area contributed by atoms with Crippen LogP contribution in [0, 0.1) is 0 Å². The van der Waals surface area contributed by atoms with Crippen molar-refractivity contribution in [2.75, 3.05) is 55.0 Å². The fraction of sp³-hybridized carbons (Fsp3) is 0.394. The first kappa shape index (κ1) is 29.4. The molecule has 2 aliphatic rings. The normalized spacial score (nSPS) is 16.0. The van der Waals surface area contributed by atoms with E-state index in [-0.39, 0.29) is 11.8 Å². The van der Waals surface area contributed by atoms with E-state index in [1.807, 2.05) is 66.7 Å². The molecule has 2 amide bonds. The maximum Gasteiger partial charge on any atom is 0.251 e. The SMILES string of the molecule is CCN1CCNc2c1cc(C(=O)N[C@@H](Cc1ccccc1)[C@@H](O)CNCc1cccc(OC)c1)cc2N1CCCC1=O. The second-order valence-electron chi connectivity index (χ2n) is 10.9. The second-order valence-corrected chi connectivity index (χ2v) is 10.9. The largest absolute Gasteiger partial charge is 0.497 e. The van der Waals surface area contributed by atoms with Crippen LogP contribution in [0.15, 0.2) is 66.7 Å². The van der Waals surface area contributed by atoms with Crippen LogP contribution >= 0.6 is 0 Å². The van der Waals surface area contributed by atoms with Crippen molar-refractivity contribution in [2.45, 2.75) is 44.9 Å². The Morgan fingerprint density at radius 1 is 1.05 bits per heavy atom. The van der Waals surface area contributed by atoms with Crippen molar-refractivity contribution in [2.24, 2.45) is 0 Å². The van der Waals surface area contributed by atoms with Crippen LogP contribution in [0.25, 0.3) is 0 Å². The van der Waals surface area contributed by atoms with Gasteiger partial charge in [-0.3, -0.25) is 9.59 Å². The fourth-order valence-electron chi connectivity index (χ4n) is 5.75. The summed E-state index contributed by atoms with van der Waals surface area (Å²) < 4.78 is 5.31. The van der Waals surface area contributed by atoms with E-state index in [0.29, 0.717) is 38.0 Å². The number of hydrogen-bond donors (Lipinski definition) is 4. The van der Waals surface area contributed by atoms with Crippen LogP contribution < -0.4 is 30.5 Å². The van der Waals surface area contributed by atoms with E-state index in [1.165, 1.54) is 0 Å². The quantitative estimate of drug-likeness (QED) is 0.263. The predicted molar refractivity (Wildman–Crippen MR) is 167 cm³/mol. The number of fused-ring (bicyclic) bond motifs is 1. The number of hydrogen-bond acceptors (Lipinski definition) is 7. The summed E-state index contributed by atoms with van der Waals surface area (Å²) in [7, 11) is 1.64. The van der Waals surface area contributed by atoms with E-state index >= 15 is 0 Å². The number of amides is 2. The first-order chi connectivity index (χ1) is 20.5. The molecule has 2 heterocycles. The molecule has 0 aromatic heterocycles. The zero-order valence-corrected chi connectivity index (χ0v) is 24.4. The van der Waals surface area contributed by atoms with Crippen LogP contribution in [0.2, 0.25) is 0 Å². The molecule has 1 saturated heterocycles. The van der Waals surface area contributed by atoms with Crippen molar-refractivity contribution in [3.63, 3.8) is 0 Å². The van der Waals surface area contributed by atoms with Gasteiger partial charge in [0.15, 0.2) is 0 Å². The highest BCUT2D eigenvalue weighted by molar-refractivity contribution is 6.05. The molecule has 222 valence electrons. The molecule has 2 atom stereocenters. The molecule has 42 heavy (non-hydrogen) atoms. The van der Waals surface area contributed by atoms with Gasteiger partial charge in [0.05, 0.1) is 36.3 Å². The number of anilines is 3. The lowest BCUT2D eigenvalue weighted by molar-refractivity contribution is -0.117. The number of nitrogens with zero attached hydrogens (tertiary/aromatic N) is 2. The third-order valence-corrected chi connectivity index (χ3v) is 8.03. The molecule has 4 N–H and O–H groups in total. The summed E-state index contributed by atoms with van der Waals surface area (Å²) in [5, 5.41) is 21.2. The van der Waals surface area contributed by atoms with Crippen molar-refractivity contribution in [3.8, 4) is 5.75 Å². The fourth-order valence-corrected chi connectivity index (χ4v) is 5.75. The summed E-state index contributed by atoms with van der Waals surface area (Å²) in [5.74, 6) is 0.575. The van der Waals surface area contributed by atoms with Crippen LogP contribution in [0.1, 0.15) is 41.3 Å². The minimum atomic E-state index is -0.842. The Hall–Kier alpha value is -4.08. The standard InChI is InChI=1S/C33H41N5O4/c1-3-37-16-14-35-32-28(37)19-25(20-29(32)38-15-8-13-31(38)40)33(41)36-27(18-23-9-5-4-6-10-23)30(39)22-34-21-24-11-7-12-26(17-24)42-2/h4-7,9-12,17,19-20,27,30,34-35,39H,3,8,13-16,18,21-22H2,1-2H3,(H,36,41)/t27-,30-/m0/s1. The Bertz CT molecular complexity index is 1380. The first-order valence-corrected chi connectivity index (χ1v) is 14.8. The first-order valence-electron chi connectivity index (χ1n) is 14.8. The molecule has 0 unspecified atom stereocenters. The second kappa shape index (κ2) is 13.7. The number of rotatable bonds is 12. The molecule has 1 fully saturated rings. The lowest BCUT2D eigenvalue weighted by Gasteiger charge is -2.34. The Kier molecular flexibility index (Phi) is 9.61. The molecule has 9 heteroatoms. The number of likely N-dealkylation sites (N-methyl/N-ethyl adjacent to an activating group) is 1. The van der Waals surface area contributed by atoms with Gasteiger partial charge >= 0.3 is 0 Å². The zero-order valence-electron chi connectivity index (χ0n) is 24.4. The number of ether oxygens (including phenoxy) is 1. The Labute approximate surface area is 247 Å². The number of carbonyl (C=O) groups excluding carboxylic acids is 2. The zero-order chi connectivity index (χ0) is 29.5. The molecule has 5 rings (SSSR count). The average molecular weight is 572 g/mol. The Morgan fingerprint density at radius 3 is 2.57 bits per heavy atom. The number of benzene rings is 3. The lowest BCUT2D eigenvalue weighted by atomic mass is 9.99. The highest BCUT2D eigenvalue weighted by Crippen LogP contribution is 2.40. The van der Waals surface area contributed by atoms with E-state index in [0.717, 1.165) is 60.0 Å². The van der Waals surface area contributed by atoms with Gasteiger partial charge in [-0.1, -0.05) is 42.5 Å². The summed E-state index contributed by atoms with van der Waals surface area (Å²) in [5.41, 5.74) is 5.10. The van der Waals surface area contributed by atoms with Gasteiger partial charge in [-0.05, 0) is 55.2 Å². The highest BCUT2D eigenvalue weighted by Gasteiger charge is 2.30. The van der Waals surface area contributed by atoms with Gasteiger partial charge in [0, 0.05) is 51.3 Å². The van der Waals surface area contributed by atoms with Crippen LogP contribution in [0.5, 0.6) is 5.75 Å². The maximum absolute atomic E-state index is 13.8. The number of aliphatic hydroxyl groups excluding tert-OH is 1. The van der Waals surface area contributed by atoms with Crippen molar-refractivity contribution < 1.29 is 19.4 Å². The van der Waals surface area contributed by atoms with Crippen LogP contribution in [-0.2, 0) is 17.8 Å². The molecular weight excluding hydrogens is 530 g/mol. The number of methoxy groups -OCH3 is 1. The van der Waals surface area contributed by atoms with Gasteiger partial charge in [0.2, 0.25) is 5.91 Å². The smallest absolute Gasteiger partial charge is 0.251 e. The molecule has 0 saturated carbocycles. The van der Waals surface area contributed by atoms with Crippen molar-refractivity contribution >= 4 is 28.9 Å². The van der Waals surface area contributed by atoms with E-state index < -0.39 is 12.1 Å². The minimum absolute atomic E-state index is 0.0738. The topological polar surface area (TPSA) is 106 Å². The van der Waals surface area contributed by atoms with Gasteiger partial charge < -0.3 is 35.6 Å².